The van der Waals surface area contributed by atoms with Gasteiger partial charge in [0.25, 0.3) is 0 Å². The molecule has 0 bridgehead atoms. The molecule has 83 heavy (non-hydrogen) atoms. The van der Waals surface area contributed by atoms with Crippen molar-refractivity contribution in [2.45, 2.75) is 354 Å². The number of hydrogen-bond acceptors (Lipinski definition) is 8. The average molecular weight is 1180 g/mol. The van der Waals surface area contributed by atoms with Crippen molar-refractivity contribution in [2.75, 3.05) is 26.4 Å². The zero-order chi connectivity index (χ0) is 60.1. The number of nitrogens with two attached hydrogens (primary N) is 1. The lowest BCUT2D eigenvalue weighted by Crippen LogP contribution is -2.29. The number of rotatable bonds is 67. The topological polar surface area (TPSA) is 134 Å². The summed E-state index contributed by atoms with van der Waals surface area (Å²) in [6.07, 6.45) is 90.0. The molecule has 0 spiro atoms. The van der Waals surface area contributed by atoms with E-state index < -0.39 is 26.5 Å². The van der Waals surface area contributed by atoms with Crippen molar-refractivity contribution >= 4 is 19.8 Å². The molecule has 0 saturated heterocycles. The first kappa shape index (κ1) is 80.5. The van der Waals surface area contributed by atoms with E-state index in [1.165, 1.54) is 244 Å². The summed E-state index contributed by atoms with van der Waals surface area (Å²) in [4.78, 5) is 35.3. The van der Waals surface area contributed by atoms with Gasteiger partial charge >= 0.3 is 19.8 Å². The second-order valence-electron chi connectivity index (χ2n) is 23.7. The molecule has 0 rings (SSSR count). The van der Waals surface area contributed by atoms with E-state index in [1.54, 1.807) is 0 Å². The van der Waals surface area contributed by atoms with E-state index in [0.29, 0.717) is 6.42 Å². The molecular weight excluding hydrogens is 1050 g/mol. The van der Waals surface area contributed by atoms with Crippen LogP contribution >= 0.6 is 7.82 Å². The molecule has 0 aromatic heterocycles. The van der Waals surface area contributed by atoms with E-state index in [4.69, 9.17) is 24.3 Å². The minimum atomic E-state index is -4.40. The lowest BCUT2D eigenvalue weighted by molar-refractivity contribution is -0.161. The van der Waals surface area contributed by atoms with Crippen LogP contribution in [0.4, 0.5) is 0 Å². The van der Waals surface area contributed by atoms with E-state index in [9.17, 15) is 19.0 Å². The van der Waals surface area contributed by atoms with E-state index in [1.807, 2.05) is 0 Å². The van der Waals surface area contributed by atoms with Gasteiger partial charge in [0.1, 0.15) is 6.61 Å². The normalized spacial score (nSPS) is 13.3. The fourth-order valence-corrected chi connectivity index (χ4v) is 11.1. The highest BCUT2D eigenvalue weighted by molar-refractivity contribution is 7.47. The molecule has 0 amide bonds. The van der Waals surface area contributed by atoms with E-state index in [2.05, 4.69) is 86.8 Å². The predicted molar refractivity (Wildman–Crippen MR) is 358 cm³/mol. The summed E-state index contributed by atoms with van der Waals surface area (Å²) in [6, 6.07) is 0. The van der Waals surface area contributed by atoms with Gasteiger partial charge in [-0.25, -0.2) is 4.57 Å². The number of carbonyl (C=O) groups is 2. The van der Waals surface area contributed by atoms with Crippen molar-refractivity contribution in [2.24, 2.45) is 5.73 Å². The minimum Gasteiger partial charge on any atom is -0.462 e. The first-order chi connectivity index (χ1) is 40.8. The van der Waals surface area contributed by atoms with Crippen LogP contribution in [0.2, 0.25) is 0 Å². The molecule has 0 aliphatic heterocycles. The third-order valence-corrected chi connectivity index (χ3v) is 16.5. The Balaban J connectivity index is 3.81. The Morgan fingerprint density at radius 2 is 0.627 bits per heavy atom. The SMILES string of the molecule is CCCCCCC/C=C\C/C=C\C/C=C\CCCCCCCCCCCCCCCCCCCCCCCCCCC(=O)OC(COC(=O)CCCCCCCCCC/C=C\C/C=C\C/C=C\CCCCCCC)COP(=O)(O)OCCN. The molecule has 0 radical (unpaired) electrons. The van der Waals surface area contributed by atoms with Gasteiger partial charge in [0.2, 0.25) is 0 Å². The van der Waals surface area contributed by atoms with Gasteiger partial charge in [-0.2, -0.15) is 0 Å². The maximum absolute atomic E-state index is 12.8. The van der Waals surface area contributed by atoms with Crippen LogP contribution in [0, 0.1) is 0 Å². The van der Waals surface area contributed by atoms with Crippen molar-refractivity contribution in [3.63, 3.8) is 0 Å². The van der Waals surface area contributed by atoms with Crippen LogP contribution in [-0.2, 0) is 32.7 Å². The Labute approximate surface area is 513 Å². The highest BCUT2D eigenvalue weighted by Gasteiger charge is 2.26. The number of hydrogen-bond donors (Lipinski definition) is 2. The standard InChI is InChI=1S/C73H134NO8P/c1-3-5-7-9-11-13-15-17-19-21-23-25-27-28-29-30-31-32-33-34-35-36-37-38-39-40-41-42-44-46-48-50-52-54-56-58-60-62-64-66-73(76)82-71(70-81-83(77,78)80-68-67-74)69-79-72(75)65-63-61-59-57-55-53-51-49-47-45-43-26-24-22-20-18-16-14-12-10-8-6-4-2/h15-18,21-24,27-28,43,45,71H,3-14,19-20,25-26,29-42,44,46-70,74H2,1-2H3,(H,77,78)/b17-15-,18-16-,23-21-,24-22-,28-27-,45-43-. The van der Waals surface area contributed by atoms with Gasteiger partial charge in [-0.3, -0.25) is 18.6 Å². The molecule has 0 aromatic rings. The van der Waals surface area contributed by atoms with Crippen LogP contribution in [0.3, 0.4) is 0 Å². The average Bonchev–Trinajstić information content (AvgIpc) is 3.48. The molecule has 2 atom stereocenters. The molecule has 2 unspecified atom stereocenters. The first-order valence-corrected chi connectivity index (χ1v) is 36.9. The number of unbranched alkanes of at least 4 members (excludes halogenated alkanes) is 42. The maximum Gasteiger partial charge on any atom is 0.472 e. The van der Waals surface area contributed by atoms with Crippen molar-refractivity contribution in [1.29, 1.82) is 0 Å². The summed E-state index contributed by atoms with van der Waals surface area (Å²) in [5, 5.41) is 0. The third-order valence-electron chi connectivity index (χ3n) is 15.6. The van der Waals surface area contributed by atoms with Gasteiger partial charge in [-0.05, 0) is 89.9 Å². The van der Waals surface area contributed by atoms with E-state index >= 15 is 0 Å². The summed E-state index contributed by atoms with van der Waals surface area (Å²) in [7, 11) is -4.40. The smallest absolute Gasteiger partial charge is 0.462 e. The molecule has 0 aliphatic rings. The molecule has 0 fully saturated rings. The first-order valence-electron chi connectivity index (χ1n) is 35.4. The molecular formula is C73H134NO8P. The van der Waals surface area contributed by atoms with Crippen LogP contribution in [0.5, 0.6) is 0 Å². The van der Waals surface area contributed by atoms with Gasteiger partial charge < -0.3 is 20.1 Å². The van der Waals surface area contributed by atoms with Crippen molar-refractivity contribution in [3.8, 4) is 0 Å². The minimum absolute atomic E-state index is 0.0517. The molecule has 484 valence electrons. The van der Waals surface area contributed by atoms with Crippen LogP contribution in [0.25, 0.3) is 0 Å². The fourth-order valence-electron chi connectivity index (χ4n) is 10.3. The number of allylic oxidation sites excluding steroid dienone is 12. The fraction of sp³-hybridized carbons (Fsp3) is 0.808. The second kappa shape index (κ2) is 68.6. The number of carbonyl (C=O) groups excluding carboxylic acids is 2. The number of ether oxygens (including phenoxy) is 2. The summed E-state index contributed by atoms with van der Waals surface area (Å²) in [5.74, 6) is -0.823. The molecule has 0 aliphatic carbocycles. The summed E-state index contributed by atoms with van der Waals surface area (Å²) in [6.45, 7) is 3.76. The van der Waals surface area contributed by atoms with Crippen LogP contribution in [0.15, 0.2) is 72.9 Å². The Hall–Kier alpha value is -2.55. The highest BCUT2D eigenvalue weighted by atomic mass is 31.2. The molecule has 0 aromatic carbocycles. The Bertz CT molecular complexity index is 1590. The van der Waals surface area contributed by atoms with Crippen LogP contribution < -0.4 is 5.73 Å². The maximum atomic E-state index is 12.8. The number of phosphoric ester groups is 1. The molecule has 0 heterocycles. The summed E-state index contributed by atoms with van der Waals surface area (Å²) < 4.78 is 33.2. The lowest BCUT2D eigenvalue weighted by Gasteiger charge is -2.19. The van der Waals surface area contributed by atoms with Crippen molar-refractivity contribution in [1.82, 2.24) is 0 Å². The van der Waals surface area contributed by atoms with Gasteiger partial charge in [0, 0.05) is 19.4 Å². The molecule has 3 N–H and O–H groups in total. The zero-order valence-corrected chi connectivity index (χ0v) is 55.3. The Kier molecular flexibility index (Phi) is 66.5. The zero-order valence-electron chi connectivity index (χ0n) is 54.4. The molecule has 0 saturated carbocycles. The number of phosphoric acid groups is 1. The largest absolute Gasteiger partial charge is 0.472 e. The van der Waals surface area contributed by atoms with Crippen molar-refractivity contribution in [3.05, 3.63) is 72.9 Å². The predicted octanol–water partition coefficient (Wildman–Crippen LogP) is 23.2. The van der Waals surface area contributed by atoms with Crippen molar-refractivity contribution < 1.29 is 37.6 Å². The Morgan fingerprint density at radius 3 is 0.928 bits per heavy atom. The van der Waals surface area contributed by atoms with Gasteiger partial charge in [-0.15, -0.1) is 0 Å². The summed E-state index contributed by atoms with van der Waals surface area (Å²) in [5.41, 5.74) is 5.40. The quantitative estimate of drug-likeness (QED) is 0.0264. The molecule has 10 heteroatoms. The van der Waals surface area contributed by atoms with Crippen LogP contribution in [0.1, 0.15) is 348 Å². The highest BCUT2D eigenvalue weighted by Crippen LogP contribution is 2.43. The van der Waals surface area contributed by atoms with E-state index in [-0.39, 0.29) is 38.6 Å². The number of esters is 2. The monoisotopic (exact) mass is 1180 g/mol. The third kappa shape index (κ3) is 68.4. The second-order valence-corrected chi connectivity index (χ2v) is 25.2. The summed E-state index contributed by atoms with van der Waals surface area (Å²) >= 11 is 0. The van der Waals surface area contributed by atoms with E-state index in [0.717, 1.165) is 70.6 Å². The lowest BCUT2D eigenvalue weighted by atomic mass is 10.0. The molecule has 9 nitrogen and oxygen atoms in total. The van der Waals surface area contributed by atoms with Gasteiger partial charge in [0.15, 0.2) is 6.10 Å². The van der Waals surface area contributed by atoms with Gasteiger partial charge in [0.05, 0.1) is 13.2 Å². The Morgan fingerprint density at radius 1 is 0.361 bits per heavy atom. The van der Waals surface area contributed by atoms with Crippen LogP contribution in [-0.4, -0.2) is 49.3 Å². The van der Waals surface area contributed by atoms with Gasteiger partial charge in [-0.1, -0.05) is 318 Å².